The number of rotatable bonds is 6. The van der Waals surface area contributed by atoms with E-state index in [1.54, 1.807) is 44.4 Å². The lowest BCUT2D eigenvalue weighted by Gasteiger charge is -2.23. The molecular formula is C24H28N4O4. The van der Waals surface area contributed by atoms with Crippen LogP contribution in [0.15, 0.2) is 46.0 Å². The molecule has 0 spiro atoms. The lowest BCUT2D eigenvalue weighted by Crippen LogP contribution is -2.39. The molecular weight excluding hydrogens is 408 g/mol. The van der Waals surface area contributed by atoms with Crippen LogP contribution in [0.3, 0.4) is 0 Å². The van der Waals surface area contributed by atoms with Crippen molar-refractivity contribution in [3.63, 3.8) is 0 Å². The van der Waals surface area contributed by atoms with Gasteiger partial charge in [-0.2, -0.15) is 0 Å². The predicted octanol–water partition coefficient (Wildman–Crippen LogP) is 2.88. The number of amides is 1. The lowest BCUT2D eigenvalue weighted by atomic mass is 10.1. The van der Waals surface area contributed by atoms with Crippen molar-refractivity contribution in [1.29, 1.82) is 0 Å². The van der Waals surface area contributed by atoms with Gasteiger partial charge < -0.3 is 24.1 Å². The highest BCUT2D eigenvalue weighted by Crippen LogP contribution is 2.33. The van der Waals surface area contributed by atoms with Crippen molar-refractivity contribution in [2.45, 2.75) is 26.2 Å². The van der Waals surface area contributed by atoms with Crippen LogP contribution in [-0.2, 0) is 14.1 Å². The van der Waals surface area contributed by atoms with E-state index in [4.69, 9.17) is 4.74 Å². The second kappa shape index (κ2) is 8.90. The van der Waals surface area contributed by atoms with E-state index in [2.05, 4.69) is 10.2 Å². The summed E-state index contributed by atoms with van der Waals surface area (Å²) in [6.45, 7) is 4.41. The topological polar surface area (TPSA) is 85.6 Å². The zero-order valence-electron chi connectivity index (χ0n) is 18.7. The molecule has 0 saturated carbocycles. The normalized spacial score (nSPS) is 13.5. The van der Waals surface area contributed by atoms with E-state index in [9.17, 15) is 14.4 Å². The van der Waals surface area contributed by atoms with E-state index < -0.39 is 11.1 Å². The van der Waals surface area contributed by atoms with Crippen LogP contribution in [-0.4, -0.2) is 34.7 Å². The van der Waals surface area contributed by atoms with Gasteiger partial charge in [0.2, 0.25) is 0 Å². The van der Waals surface area contributed by atoms with Gasteiger partial charge in [-0.05, 0) is 55.7 Å². The quantitative estimate of drug-likeness (QED) is 0.601. The fourth-order valence-electron chi connectivity index (χ4n) is 4.05. The number of carbonyl (C=O) groups excluding carboxylic acids is 1. The van der Waals surface area contributed by atoms with Gasteiger partial charge in [0.05, 0.1) is 29.0 Å². The summed E-state index contributed by atoms with van der Waals surface area (Å²) in [6, 6.07) is 10.7. The van der Waals surface area contributed by atoms with Gasteiger partial charge in [0.1, 0.15) is 5.75 Å². The van der Waals surface area contributed by atoms with Gasteiger partial charge in [-0.1, -0.05) is 6.92 Å². The number of aromatic nitrogens is 2. The average molecular weight is 437 g/mol. The van der Waals surface area contributed by atoms with Gasteiger partial charge in [-0.15, -0.1) is 0 Å². The minimum Gasteiger partial charge on any atom is -0.494 e. The molecule has 1 fully saturated rings. The third kappa shape index (κ3) is 4.00. The Morgan fingerprint density at radius 1 is 0.969 bits per heavy atom. The van der Waals surface area contributed by atoms with E-state index >= 15 is 0 Å². The molecule has 4 rings (SSSR count). The first-order valence-electron chi connectivity index (χ1n) is 10.9. The fraction of sp³-hybridized carbons (Fsp3) is 0.375. The molecule has 168 valence electrons. The van der Waals surface area contributed by atoms with Crippen LogP contribution in [0.5, 0.6) is 5.75 Å². The molecule has 32 heavy (non-hydrogen) atoms. The maximum atomic E-state index is 13.0. The molecule has 0 unspecified atom stereocenters. The Morgan fingerprint density at radius 3 is 2.16 bits per heavy atom. The number of benzene rings is 2. The largest absolute Gasteiger partial charge is 0.494 e. The summed E-state index contributed by atoms with van der Waals surface area (Å²) in [4.78, 5) is 39.9. The Balaban J connectivity index is 1.74. The second-order valence-corrected chi connectivity index (χ2v) is 8.11. The van der Waals surface area contributed by atoms with E-state index in [1.807, 2.05) is 13.0 Å². The van der Waals surface area contributed by atoms with Crippen molar-refractivity contribution >= 4 is 28.3 Å². The summed E-state index contributed by atoms with van der Waals surface area (Å²) < 4.78 is 8.30. The molecule has 3 aromatic rings. The van der Waals surface area contributed by atoms with Crippen molar-refractivity contribution in [2.24, 2.45) is 14.1 Å². The SMILES string of the molecule is CCCOc1ccc(C(=O)Nc2cc3c(cc2N2CCCC2)n(C)c(=O)c(=O)n3C)cc1. The minimum atomic E-state index is -0.603. The first-order valence-corrected chi connectivity index (χ1v) is 10.9. The Kier molecular flexibility index (Phi) is 6.03. The van der Waals surface area contributed by atoms with Crippen molar-refractivity contribution < 1.29 is 9.53 Å². The third-order valence-electron chi connectivity index (χ3n) is 5.89. The molecule has 1 amide bonds. The molecule has 0 atom stereocenters. The summed E-state index contributed by atoms with van der Waals surface area (Å²) in [5.74, 6) is 0.476. The van der Waals surface area contributed by atoms with Crippen molar-refractivity contribution in [1.82, 2.24) is 9.13 Å². The molecule has 2 heterocycles. The number of carbonyl (C=O) groups is 1. The van der Waals surface area contributed by atoms with Gasteiger partial charge >= 0.3 is 11.1 Å². The Morgan fingerprint density at radius 2 is 1.56 bits per heavy atom. The fourth-order valence-corrected chi connectivity index (χ4v) is 4.05. The number of hydrogen-bond donors (Lipinski definition) is 1. The van der Waals surface area contributed by atoms with E-state index in [0.29, 0.717) is 28.9 Å². The van der Waals surface area contributed by atoms with E-state index in [0.717, 1.165) is 43.8 Å². The highest BCUT2D eigenvalue weighted by Gasteiger charge is 2.21. The number of ether oxygens (including phenoxy) is 1. The second-order valence-electron chi connectivity index (χ2n) is 8.11. The predicted molar refractivity (Wildman–Crippen MR) is 126 cm³/mol. The zero-order chi connectivity index (χ0) is 22.8. The van der Waals surface area contributed by atoms with Crippen LogP contribution in [0.1, 0.15) is 36.5 Å². The standard InChI is InChI=1S/C24H28N4O4/c1-4-13-32-17-9-7-16(8-10-17)22(29)25-18-14-20-21(15-19(18)28-11-5-6-12-28)27(3)24(31)23(30)26(20)2/h7-10,14-15H,4-6,11-13H2,1-3H3,(H,25,29). The Hall–Kier alpha value is -3.55. The monoisotopic (exact) mass is 436 g/mol. The minimum absolute atomic E-state index is 0.248. The molecule has 0 radical (unpaired) electrons. The number of hydrogen-bond acceptors (Lipinski definition) is 5. The smallest absolute Gasteiger partial charge is 0.316 e. The van der Waals surface area contributed by atoms with Crippen LogP contribution in [0.2, 0.25) is 0 Å². The van der Waals surface area contributed by atoms with E-state index in [1.165, 1.54) is 9.13 Å². The zero-order valence-corrected chi connectivity index (χ0v) is 18.7. The number of nitrogens with zero attached hydrogens (tertiary/aromatic N) is 3. The Labute approximate surface area is 186 Å². The van der Waals surface area contributed by atoms with Crippen LogP contribution < -0.4 is 26.1 Å². The molecule has 1 aliphatic rings. The maximum Gasteiger partial charge on any atom is 0.316 e. The number of aryl methyl sites for hydroxylation is 2. The van der Waals surface area contributed by atoms with Crippen LogP contribution >= 0.6 is 0 Å². The number of anilines is 2. The van der Waals surface area contributed by atoms with Crippen molar-refractivity contribution in [3.05, 3.63) is 62.7 Å². The summed E-state index contributed by atoms with van der Waals surface area (Å²) in [5, 5.41) is 3.02. The highest BCUT2D eigenvalue weighted by molar-refractivity contribution is 6.07. The van der Waals surface area contributed by atoms with Crippen LogP contribution in [0.4, 0.5) is 11.4 Å². The van der Waals surface area contributed by atoms with Gasteiger partial charge in [-0.3, -0.25) is 14.4 Å². The molecule has 8 heteroatoms. The van der Waals surface area contributed by atoms with Crippen LogP contribution in [0.25, 0.3) is 11.0 Å². The summed E-state index contributed by atoms with van der Waals surface area (Å²) in [5.41, 5.74) is 2.02. The van der Waals surface area contributed by atoms with Gasteiger partial charge in [-0.25, -0.2) is 0 Å². The first kappa shape index (κ1) is 21.7. The lowest BCUT2D eigenvalue weighted by molar-refractivity contribution is 0.102. The van der Waals surface area contributed by atoms with Crippen LogP contribution in [0, 0.1) is 0 Å². The summed E-state index contributed by atoms with van der Waals surface area (Å²) in [6.07, 6.45) is 3.05. The first-order chi connectivity index (χ1) is 15.4. The maximum absolute atomic E-state index is 13.0. The molecule has 0 aliphatic carbocycles. The molecule has 1 saturated heterocycles. The van der Waals surface area contributed by atoms with Gasteiger partial charge in [0.15, 0.2) is 0 Å². The summed E-state index contributed by atoms with van der Waals surface area (Å²) in [7, 11) is 3.17. The highest BCUT2D eigenvalue weighted by atomic mass is 16.5. The van der Waals surface area contributed by atoms with Crippen molar-refractivity contribution in [2.75, 3.05) is 29.9 Å². The molecule has 0 bridgehead atoms. The third-order valence-corrected chi connectivity index (χ3v) is 5.89. The number of fused-ring (bicyclic) bond motifs is 1. The molecule has 1 aliphatic heterocycles. The van der Waals surface area contributed by atoms with Gasteiger partial charge in [0, 0.05) is 32.7 Å². The molecule has 8 nitrogen and oxygen atoms in total. The summed E-state index contributed by atoms with van der Waals surface area (Å²) >= 11 is 0. The van der Waals surface area contributed by atoms with E-state index in [-0.39, 0.29) is 5.91 Å². The molecule has 1 N–H and O–H groups in total. The van der Waals surface area contributed by atoms with Gasteiger partial charge in [0.25, 0.3) is 5.91 Å². The molecule has 1 aromatic heterocycles. The molecule has 2 aromatic carbocycles. The number of nitrogens with one attached hydrogen (secondary N) is 1. The Bertz CT molecular complexity index is 1270. The average Bonchev–Trinajstić information content (AvgIpc) is 3.34. The van der Waals surface area contributed by atoms with Crippen molar-refractivity contribution in [3.8, 4) is 5.75 Å².